The van der Waals surface area contributed by atoms with E-state index in [2.05, 4.69) is 57.7 Å². The lowest BCUT2D eigenvalue weighted by molar-refractivity contribution is -0.00332. The molecule has 0 saturated heterocycles. The van der Waals surface area contributed by atoms with E-state index in [1.54, 1.807) is 6.33 Å². The van der Waals surface area contributed by atoms with Crippen molar-refractivity contribution < 1.29 is 5.11 Å². The van der Waals surface area contributed by atoms with Crippen LogP contribution in [0.2, 0.25) is 10.0 Å². The van der Waals surface area contributed by atoms with E-state index in [-0.39, 0.29) is 12.0 Å². The van der Waals surface area contributed by atoms with Gasteiger partial charge in [0.2, 0.25) is 0 Å². The summed E-state index contributed by atoms with van der Waals surface area (Å²) < 4.78 is 0. The Bertz CT molecular complexity index is 1520. The number of nitrogens with zero attached hydrogens (tertiary/aromatic N) is 2. The quantitative estimate of drug-likeness (QED) is 0.207. The molecule has 6 rings (SSSR count). The maximum Gasteiger partial charge on any atom is 0.137 e. The van der Waals surface area contributed by atoms with Crippen LogP contribution in [0, 0.1) is 0 Å². The predicted molar refractivity (Wildman–Crippen MR) is 160 cm³/mol. The molecule has 1 aliphatic rings. The van der Waals surface area contributed by atoms with Crippen LogP contribution in [-0.4, -0.2) is 21.1 Å². The summed E-state index contributed by atoms with van der Waals surface area (Å²) in [6, 6.07) is 32.6. The number of rotatable bonds is 6. The number of anilines is 1. The van der Waals surface area contributed by atoms with Gasteiger partial charge in [-0.2, -0.15) is 0 Å². The summed E-state index contributed by atoms with van der Waals surface area (Å²) in [5, 5.41) is 17.3. The summed E-state index contributed by atoms with van der Waals surface area (Å²) in [7, 11) is 0. The second-order valence-electron chi connectivity index (χ2n) is 10.4. The third-order valence-electron chi connectivity index (χ3n) is 7.86. The number of nitrogens with one attached hydrogen (secondary N) is 1. The summed E-state index contributed by atoms with van der Waals surface area (Å²) in [6.07, 6.45) is 4.74. The van der Waals surface area contributed by atoms with Gasteiger partial charge in [-0.05, 0) is 84.3 Å². The van der Waals surface area contributed by atoms with E-state index in [1.807, 2.05) is 54.6 Å². The van der Waals surface area contributed by atoms with Crippen LogP contribution in [0.3, 0.4) is 0 Å². The van der Waals surface area contributed by atoms with Crippen LogP contribution in [-0.2, 0) is 5.60 Å². The molecule has 5 aromatic rings. The van der Waals surface area contributed by atoms with Gasteiger partial charge in [0, 0.05) is 27.4 Å². The minimum Gasteiger partial charge on any atom is -0.385 e. The van der Waals surface area contributed by atoms with E-state index < -0.39 is 5.60 Å². The number of hydrogen-bond donors (Lipinski definition) is 2. The zero-order valence-electron chi connectivity index (χ0n) is 21.4. The van der Waals surface area contributed by atoms with Crippen LogP contribution in [0.25, 0.3) is 10.9 Å². The molecule has 0 radical (unpaired) electrons. The maximum atomic E-state index is 11.3. The topological polar surface area (TPSA) is 58.0 Å². The highest BCUT2D eigenvalue weighted by Crippen LogP contribution is 2.39. The average molecular weight is 555 g/mol. The SMILES string of the molecule is OC1(c2ccccc2)CCC(Nc2ncnc3ccc(C(c4ccc(Cl)cc4)c4ccc(Cl)cc4)cc23)CC1. The highest BCUT2D eigenvalue weighted by Gasteiger charge is 2.34. The number of halogens is 2. The number of fused-ring (bicyclic) bond motifs is 1. The Morgan fingerprint density at radius 2 is 1.33 bits per heavy atom. The van der Waals surface area contributed by atoms with Crippen molar-refractivity contribution >= 4 is 39.9 Å². The number of aliphatic hydroxyl groups is 1. The molecule has 1 aliphatic carbocycles. The minimum atomic E-state index is -0.773. The van der Waals surface area contributed by atoms with Gasteiger partial charge < -0.3 is 10.4 Å². The first-order valence-electron chi connectivity index (χ1n) is 13.3. The molecule has 0 spiro atoms. The zero-order valence-corrected chi connectivity index (χ0v) is 22.9. The van der Waals surface area contributed by atoms with Gasteiger partial charge in [-0.3, -0.25) is 0 Å². The molecular formula is C33H29Cl2N3O. The number of hydrogen-bond acceptors (Lipinski definition) is 4. The first kappa shape index (κ1) is 25.8. The largest absolute Gasteiger partial charge is 0.385 e. The van der Waals surface area contributed by atoms with Crippen molar-refractivity contribution in [2.24, 2.45) is 0 Å². The van der Waals surface area contributed by atoms with Gasteiger partial charge in [0.05, 0.1) is 11.1 Å². The summed E-state index contributed by atoms with van der Waals surface area (Å²) in [5.74, 6) is 0.815. The highest BCUT2D eigenvalue weighted by molar-refractivity contribution is 6.30. The van der Waals surface area contributed by atoms with Crippen molar-refractivity contribution in [2.45, 2.75) is 43.2 Å². The molecule has 0 atom stereocenters. The Morgan fingerprint density at radius 1 is 0.744 bits per heavy atom. The van der Waals surface area contributed by atoms with Gasteiger partial charge in [-0.25, -0.2) is 9.97 Å². The summed E-state index contributed by atoms with van der Waals surface area (Å²) in [6.45, 7) is 0. The fraction of sp³-hybridized carbons (Fsp3) is 0.212. The third-order valence-corrected chi connectivity index (χ3v) is 8.37. The molecule has 4 aromatic carbocycles. The Morgan fingerprint density at radius 3 is 1.95 bits per heavy atom. The molecule has 6 heteroatoms. The van der Waals surface area contributed by atoms with Crippen molar-refractivity contribution in [3.05, 3.63) is 136 Å². The molecular weight excluding hydrogens is 525 g/mol. The van der Waals surface area contributed by atoms with Gasteiger partial charge >= 0.3 is 0 Å². The molecule has 1 heterocycles. The fourth-order valence-corrected chi connectivity index (χ4v) is 5.98. The molecule has 1 saturated carbocycles. The molecule has 0 bridgehead atoms. The van der Waals surface area contributed by atoms with Gasteiger partial charge in [0.25, 0.3) is 0 Å². The summed E-state index contributed by atoms with van der Waals surface area (Å²) in [5.41, 5.74) is 4.52. The lowest BCUT2D eigenvalue weighted by Crippen LogP contribution is -2.36. The molecule has 0 unspecified atom stereocenters. The standard InChI is InChI=1S/C33H29Cl2N3O/c34-26-11-6-22(7-12-26)31(23-8-13-27(35)14-9-23)24-10-15-30-29(20-24)32(37-21-36-30)38-28-16-18-33(39,19-17-28)25-4-2-1-3-5-25/h1-15,20-21,28,31,39H,16-19H2,(H,36,37,38). The van der Waals surface area contributed by atoms with Crippen molar-refractivity contribution in [2.75, 3.05) is 5.32 Å². The molecule has 4 nitrogen and oxygen atoms in total. The van der Waals surface area contributed by atoms with Crippen LogP contribution < -0.4 is 5.32 Å². The lowest BCUT2D eigenvalue weighted by atomic mass is 9.78. The second kappa shape index (κ2) is 11.0. The average Bonchev–Trinajstić information content (AvgIpc) is 2.97. The van der Waals surface area contributed by atoms with Crippen molar-refractivity contribution in [1.82, 2.24) is 9.97 Å². The molecule has 39 heavy (non-hydrogen) atoms. The Kier molecular flexibility index (Phi) is 7.26. The van der Waals surface area contributed by atoms with Gasteiger partial charge in [-0.15, -0.1) is 0 Å². The van der Waals surface area contributed by atoms with Crippen molar-refractivity contribution in [3.63, 3.8) is 0 Å². The van der Waals surface area contributed by atoms with Gasteiger partial charge in [0.15, 0.2) is 0 Å². The van der Waals surface area contributed by atoms with Crippen LogP contribution >= 0.6 is 23.2 Å². The van der Waals surface area contributed by atoms with E-state index >= 15 is 0 Å². The normalized spacial score (nSPS) is 19.3. The number of aromatic nitrogens is 2. The Hall–Kier alpha value is -3.44. The number of benzene rings is 4. The van der Waals surface area contributed by atoms with E-state index in [4.69, 9.17) is 23.2 Å². The van der Waals surface area contributed by atoms with Gasteiger partial charge in [0.1, 0.15) is 12.1 Å². The Balaban J connectivity index is 1.31. The van der Waals surface area contributed by atoms with Crippen LogP contribution in [0.5, 0.6) is 0 Å². The fourth-order valence-electron chi connectivity index (χ4n) is 5.73. The molecule has 0 amide bonds. The van der Waals surface area contributed by atoms with Crippen molar-refractivity contribution in [3.8, 4) is 0 Å². The molecule has 0 aliphatic heterocycles. The van der Waals surface area contributed by atoms with Crippen molar-refractivity contribution in [1.29, 1.82) is 0 Å². The highest BCUT2D eigenvalue weighted by atomic mass is 35.5. The molecule has 2 N–H and O–H groups in total. The molecule has 196 valence electrons. The molecule has 1 fully saturated rings. The van der Waals surface area contributed by atoms with E-state index in [9.17, 15) is 5.11 Å². The minimum absolute atomic E-state index is 0.00690. The maximum absolute atomic E-state index is 11.3. The van der Waals surface area contributed by atoms with Gasteiger partial charge in [-0.1, -0.05) is 83.9 Å². The van der Waals surface area contributed by atoms with E-state index in [0.717, 1.165) is 51.8 Å². The monoisotopic (exact) mass is 553 g/mol. The van der Waals surface area contributed by atoms with Crippen LogP contribution in [0.4, 0.5) is 5.82 Å². The van der Waals surface area contributed by atoms with Crippen LogP contribution in [0.1, 0.15) is 53.9 Å². The van der Waals surface area contributed by atoms with E-state index in [1.165, 1.54) is 0 Å². The van der Waals surface area contributed by atoms with E-state index in [0.29, 0.717) is 22.9 Å². The van der Waals surface area contributed by atoms with Crippen LogP contribution in [0.15, 0.2) is 103 Å². The lowest BCUT2D eigenvalue weighted by Gasteiger charge is -2.37. The smallest absolute Gasteiger partial charge is 0.137 e. The first-order chi connectivity index (χ1) is 19.0. The third kappa shape index (κ3) is 5.51. The first-order valence-corrected chi connectivity index (χ1v) is 14.0. The summed E-state index contributed by atoms with van der Waals surface area (Å²) in [4.78, 5) is 9.19. The molecule has 1 aromatic heterocycles. The second-order valence-corrected chi connectivity index (χ2v) is 11.2. The predicted octanol–water partition coefficient (Wildman–Crippen LogP) is 8.36. The zero-order chi connectivity index (χ0) is 26.8. The Labute approximate surface area is 238 Å². The summed E-state index contributed by atoms with van der Waals surface area (Å²) >= 11 is 12.4.